The first kappa shape index (κ1) is 9.24. The average Bonchev–Trinajstić information content (AvgIpc) is 2.54. The molecule has 2 fully saturated rings. The van der Waals surface area contributed by atoms with Gasteiger partial charge in [-0.05, 0) is 11.6 Å². The first-order chi connectivity index (χ1) is 6.22. The van der Waals surface area contributed by atoms with E-state index in [1.165, 1.54) is 0 Å². The quantitative estimate of drug-likeness (QED) is 0.441. The zero-order valence-corrected chi connectivity index (χ0v) is 8.05. The predicted molar refractivity (Wildman–Crippen MR) is 46.7 cm³/mol. The van der Waals surface area contributed by atoms with Crippen molar-refractivity contribution in [3.63, 3.8) is 0 Å². The van der Waals surface area contributed by atoms with Crippen LogP contribution in [0.15, 0.2) is 0 Å². The van der Waals surface area contributed by atoms with Crippen molar-refractivity contribution in [3.8, 4) is 0 Å². The highest BCUT2D eigenvalue weighted by Crippen LogP contribution is 2.31. The van der Waals surface area contributed by atoms with Gasteiger partial charge in [-0.25, -0.2) is 0 Å². The van der Waals surface area contributed by atoms with Crippen molar-refractivity contribution in [1.29, 1.82) is 0 Å². The van der Waals surface area contributed by atoms with Crippen LogP contribution >= 0.6 is 11.6 Å². The van der Waals surface area contributed by atoms with E-state index in [-0.39, 0.29) is 5.37 Å². The molecule has 2 saturated heterocycles. The number of hydrogen-bond donors (Lipinski definition) is 0. The van der Waals surface area contributed by atoms with E-state index in [0.717, 1.165) is 12.8 Å². The van der Waals surface area contributed by atoms with Gasteiger partial charge in [-0.15, -0.1) is 0 Å². The fourth-order valence-corrected chi connectivity index (χ4v) is 1.98. The summed E-state index contributed by atoms with van der Waals surface area (Å²) in [6, 6.07) is 0. The summed E-state index contributed by atoms with van der Waals surface area (Å²) in [6.07, 6.45) is 1.46. The highest BCUT2D eigenvalue weighted by atomic mass is 35.5. The van der Waals surface area contributed by atoms with E-state index in [1.807, 2.05) is 0 Å². The molecule has 0 aromatic rings. The van der Waals surface area contributed by atoms with Gasteiger partial charge in [-0.1, -0.05) is 0 Å². The summed E-state index contributed by atoms with van der Waals surface area (Å²) < 4.78 is 11.0. The SMILES string of the molecule is O=C(Cl)N1CCC2(CC1)OCCO2. The smallest absolute Gasteiger partial charge is 0.316 e. The summed E-state index contributed by atoms with van der Waals surface area (Å²) in [4.78, 5) is 12.4. The van der Waals surface area contributed by atoms with Gasteiger partial charge in [-0.2, -0.15) is 0 Å². The van der Waals surface area contributed by atoms with E-state index < -0.39 is 5.79 Å². The van der Waals surface area contributed by atoms with E-state index in [4.69, 9.17) is 21.1 Å². The highest BCUT2D eigenvalue weighted by molar-refractivity contribution is 6.62. The molecule has 0 bridgehead atoms. The molecular weight excluding hydrogens is 194 g/mol. The van der Waals surface area contributed by atoms with Crippen molar-refractivity contribution >= 4 is 17.0 Å². The van der Waals surface area contributed by atoms with E-state index in [2.05, 4.69) is 0 Å². The summed E-state index contributed by atoms with van der Waals surface area (Å²) in [5, 5.41) is -0.382. The summed E-state index contributed by atoms with van der Waals surface area (Å²) >= 11 is 5.36. The van der Waals surface area contributed by atoms with E-state index in [0.29, 0.717) is 26.3 Å². The lowest BCUT2D eigenvalue weighted by Gasteiger charge is -2.36. The Bertz CT molecular complexity index is 205. The second-order valence-electron chi connectivity index (χ2n) is 3.35. The number of likely N-dealkylation sites (tertiary alicyclic amines) is 1. The molecular formula is C8H12ClNO3. The monoisotopic (exact) mass is 205 g/mol. The van der Waals surface area contributed by atoms with Crippen LogP contribution in [0, 0.1) is 0 Å². The number of hydrogen-bond acceptors (Lipinski definition) is 3. The highest BCUT2D eigenvalue weighted by Gasteiger charge is 2.40. The van der Waals surface area contributed by atoms with Gasteiger partial charge in [0, 0.05) is 25.9 Å². The standard InChI is InChI=1S/C8H12ClNO3/c9-7(11)10-3-1-8(2-4-10)12-5-6-13-8/h1-6H2. The zero-order chi connectivity index (χ0) is 9.31. The Balaban J connectivity index is 1.91. The number of halogens is 1. The Morgan fingerprint density at radius 3 is 2.23 bits per heavy atom. The minimum absolute atomic E-state index is 0.382. The van der Waals surface area contributed by atoms with Gasteiger partial charge in [0.15, 0.2) is 5.79 Å². The molecule has 4 nitrogen and oxygen atoms in total. The van der Waals surface area contributed by atoms with Crippen LogP contribution in [0.1, 0.15) is 12.8 Å². The largest absolute Gasteiger partial charge is 0.347 e. The minimum Gasteiger partial charge on any atom is -0.347 e. The van der Waals surface area contributed by atoms with Crippen molar-refractivity contribution in [3.05, 3.63) is 0 Å². The van der Waals surface area contributed by atoms with Crippen molar-refractivity contribution in [2.75, 3.05) is 26.3 Å². The molecule has 2 aliphatic rings. The van der Waals surface area contributed by atoms with Crippen LogP contribution in [0.25, 0.3) is 0 Å². The number of carbonyl (C=O) groups excluding carboxylic acids is 1. The number of carbonyl (C=O) groups is 1. The first-order valence-corrected chi connectivity index (χ1v) is 4.82. The minimum atomic E-state index is -0.414. The fraction of sp³-hybridized carbons (Fsp3) is 0.875. The molecule has 2 rings (SSSR count). The van der Waals surface area contributed by atoms with Gasteiger partial charge < -0.3 is 14.4 Å². The maximum atomic E-state index is 10.8. The van der Waals surface area contributed by atoms with Gasteiger partial charge in [-0.3, -0.25) is 4.79 Å². The second kappa shape index (κ2) is 3.44. The third-order valence-electron chi connectivity index (χ3n) is 2.59. The van der Waals surface area contributed by atoms with Crippen molar-refractivity contribution in [2.45, 2.75) is 18.6 Å². The molecule has 74 valence electrons. The second-order valence-corrected chi connectivity index (χ2v) is 3.67. The molecule has 1 amide bonds. The molecule has 0 unspecified atom stereocenters. The Morgan fingerprint density at radius 2 is 1.77 bits per heavy atom. The van der Waals surface area contributed by atoms with Crippen molar-refractivity contribution < 1.29 is 14.3 Å². The van der Waals surface area contributed by atoms with E-state index >= 15 is 0 Å². The number of ether oxygens (including phenoxy) is 2. The van der Waals surface area contributed by atoms with Crippen molar-refractivity contribution in [1.82, 2.24) is 4.90 Å². The fourth-order valence-electron chi connectivity index (χ4n) is 1.81. The lowest BCUT2D eigenvalue weighted by molar-refractivity contribution is -0.180. The van der Waals surface area contributed by atoms with Crippen molar-refractivity contribution in [2.24, 2.45) is 0 Å². The molecule has 0 aliphatic carbocycles. The number of amides is 1. The van der Waals surface area contributed by atoms with Gasteiger partial charge in [0.25, 0.3) is 0 Å². The lowest BCUT2D eigenvalue weighted by atomic mass is 10.0. The van der Waals surface area contributed by atoms with Gasteiger partial charge in [0.2, 0.25) is 0 Å². The molecule has 0 radical (unpaired) electrons. The van der Waals surface area contributed by atoms with Crippen LogP contribution in [-0.2, 0) is 9.47 Å². The topological polar surface area (TPSA) is 38.8 Å². The van der Waals surface area contributed by atoms with Crippen LogP contribution in [0.5, 0.6) is 0 Å². The summed E-state index contributed by atoms with van der Waals surface area (Å²) in [7, 11) is 0. The van der Waals surface area contributed by atoms with Gasteiger partial charge >= 0.3 is 5.37 Å². The Kier molecular flexibility index (Phi) is 2.45. The molecule has 0 atom stereocenters. The summed E-state index contributed by atoms with van der Waals surface area (Å²) in [6.45, 7) is 2.58. The lowest BCUT2D eigenvalue weighted by Crippen LogP contribution is -2.45. The maximum Gasteiger partial charge on any atom is 0.316 e. The van der Waals surface area contributed by atoms with Crippen LogP contribution in [0.4, 0.5) is 4.79 Å². The van der Waals surface area contributed by atoms with Gasteiger partial charge in [0.1, 0.15) is 0 Å². The van der Waals surface area contributed by atoms with Crippen LogP contribution in [-0.4, -0.2) is 42.4 Å². The molecule has 1 spiro atoms. The third kappa shape index (κ3) is 1.80. The summed E-state index contributed by atoms with van der Waals surface area (Å²) in [5.74, 6) is -0.414. The summed E-state index contributed by atoms with van der Waals surface area (Å²) in [5.41, 5.74) is 0. The van der Waals surface area contributed by atoms with E-state index in [9.17, 15) is 4.79 Å². The molecule has 2 aliphatic heterocycles. The molecule has 0 saturated carbocycles. The van der Waals surface area contributed by atoms with Gasteiger partial charge in [0.05, 0.1) is 13.2 Å². The molecule has 0 aromatic carbocycles. The Morgan fingerprint density at radius 1 is 1.23 bits per heavy atom. The molecule has 13 heavy (non-hydrogen) atoms. The number of rotatable bonds is 0. The number of piperidine rings is 1. The predicted octanol–water partition coefficient (Wildman–Crippen LogP) is 1.18. The van der Waals surface area contributed by atoms with Crippen LogP contribution in [0.2, 0.25) is 0 Å². The first-order valence-electron chi connectivity index (χ1n) is 4.44. The molecule has 2 heterocycles. The van der Waals surface area contributed by atoms with Crippen LogP contribution < -0.4 is 0 Å². The maximum absolute atomic E-state index is 10.8. The molecule has 5 heteroatoms. The molecule has 0 aromatic heterocycles. The van der Waals surface area contributed by atoms with Crippen LogP contribution in [0.3, 0.4) is 0 Å². The Labute approximate surface area is 81.7 Å². The Hall–Kier alpha value is -0.320. The average molecular weight is 206 g/mol. The van der Waals surface area contributed by atoms with E-state index in [1.54, 1.807) is 4.90 Å². The third-order valence-corrected chi connectivity index (χ3v) is 2.83. The normalized spacial score (nSPS) is 26.7. The zero-order valence-electron chi connectivity index (χ0n) is 7.29. The number of nitrogens with zero attached hydrogens (tertiary/aromatic N) is 1. The molecule has 0 N–H and O–H groups in total.